The van der Waals surface area contributed by atoms with E-state index < -0.39 is 5.92 Å². The van der Waals surface area contributed by atoms with Gasteiger partial charge in [0, 0.05) is 13.0 Å². The summed E-state index contributed by atoms with van der Waals surface area (Å²) in [6.45, 7) is 8.94. The minimum Gasteiger partial charge on any atom is -0.426 e. The Kier molecular flexibility index (Phi) is 5.87. The van der Waals surface area contributed by atoms with Gasteiger partial charge in [-0.15, -0.1) is 0 Å². The van der Waals surface area contributed by atoms with Gasteiger partial charge in [0.1, 0.15) is 5.75 Å². The first-order valence-electron chi connectivity index (χ1n) is 9.98. The standard InChI is InChI=1S/C24H29NO3/c1-5-24(3,4)20-11-13-21(14-12-20)28-23(27)19-15-22(26)25(16-19)17(2)18-9-7-6-8-10-18/h6-14,17,19H,5,15-16H2,1-4H3/t17-,19+/m1/s1. The van der Waals surface area contributed by atoms with Crippen molar-refractivity contribution in [2.24, 2.45) is 5.92 Å². The Bertz CT molecular complexity index is 827. The molecule has 0 unspecified atom stereocenters. The van der Waals surface area contributed by atoms with Crippen LogP contribution in [0.2, 0.25) is 0 Å². The molecule has 4 nitrogen and oxygen atoms in total. The van der Waals surface area contributed by atoms with E-state index in [1.807, 2.05) is 61.5 Å². The molecule has 2 aromatic rings. The first-order chi connectivity index (χ1) is 13.3. The maximum atomic E-state index is 12.6. The lowest BCUT2D eigenvalue weighted by Gasteiger charge is -2.25. The molecule has 1 amide bonds. The summed E-state index contributed by atoms with van der Waals surface area (Å²) in [7, 11) is 0. The number of nitrogens with zero attached hydrogens (tertiary/aromatic N) is 1. The van der Waals surface area contributed by atoms with E-state index in [1.165, 1.54) is 5.56 Å². The lowest BCUT2D eigenvalue weighted by molar-refractivity contribution is -0.139. The van der Waals surface area contributed by atoms with Crippen LogP contribution >= 0.6 is 0 Å². The predicted molar refractivity (Wildman–Crippen MR) is 110 cm³/mol. The highest BCUT2D eigenvalue weighted by Gasteiger charge is 2.38. The SMILES string of the molecule is CCC(C)(C)c1ccc(OC(=O)[C@H]2CC(=O)N([C@H](C)c3ccccc3)C2)cc1. The van der Waals surface area contributed by atoms with Gasteiger partial charge in [-0.25, -0.2) is 0 Å². The van der Waals surface area contributed by atoms with Crippen LogP contribution in [-0.4, -0.2) is 23.3 Å². The fourth-order valence-electron chi connectivity index (χ4n) is 3.55. The smallest absolute Gasteiger partial charge is 0.316 e. The second kappa shape index (κ2) is 8.17. The van der Waals surface area contributed by atoms with Gasteiger partial charge in [-0.3, -0.25) is 9.59 Å². The third-order valence-corrected chi connectivity index (χ3v) is 5.98. The Balaban J connectivity index is 1.63. The molecule has 2 atom stereocenters. The second-order valence-corrected chi connectivity index (χ2v) is 8.22. The summed E-state index contributed by atoms with van der Waals surface area (Å²) >= 11 is 0. The normalized spacial score (nSPS) is 18.2. The summed E-state index contributed by atoms with van der Waals surface area (Å²) in [6, 6.07) is 17.5. The average Bonchev–Trinajstić information content (AvgIpc) is 3.10. The van der Waals surface area contributed by atoms with Crippen LogP contribution in [0.1, 0.15) is 57.7 Å². The van der Waals surface area contributed by atoms with Crippen LogP contribution in [0, 0.1) is 5.92 Å². The van der Waals surface area contributed by atoms with Gasteiger partial charge in [0.2, 0.25) is 5.91 Å². The Morgan fingerprint density at radius 3 is 2.39 bits per heavy atom. The quantitative estimate of drug-likeness (QED) is 0.530. The fourth-order valence-corrected chi connectivity index (χ4v) is 3.55. The number of benzene rings is 2. The zero-order valence-corrected chi connectivity index (χ0v) is 17.1. The number of carbonyl (C=O) groups excluding carboxylic acids is 2. The van der Waals surface area contributed by atoms with Crippen molar-refractivity contribution >= 4 is 11.9 Å². The van der Waals surface area contributed by atoms with Crippen molar-refractivity contribution in [3.8, 4) is 5.75 Å². The van der Waals surface area contributed by atoms with Crippen LogP contribution in [0.25, 0.3) is 0 Å². The molecule has 0 bridgehead atoms. The van der Waals surface area contributed by atoms with Gasteiger partial charge in [0.05, 0.1) is 12.0 Å². The zero-order chi connectivity index (χ0) is 20.3. The van der Waals surface area contributed by atoms with E-state index in [-0.39, 0.29) is 29.8 Å². The number of esters is 1. The van der Waals surface area contributed by atoms with Gasteiger partial charge in [-0.1, -0.05) is 63.2 Å². The summed E-state index contributed by atoms with van der Waals surface area (Å²) in [5, 5.41) is 0. The number of hydrogen-bond donors (Lipinski definition) is 0. The van der Waals surface area contributed by atoms with Crippen LogP contribution in [0.3, 0.4) is 0 Å². The predicted octanol–water partition coefficient (Wildman–Crippen LogP) is 4.89. The molecular weight excluding hydrogens is 350 g/mol. The van der Waals surface area contributed by atoms with E-state index in [9.17, 15) is 9.59 Å². The number of likely N-dealkylation sites (tertiary alicyclic amines) is 1. The van der Waals surface area contributed by atoms with E-state index in [2.05, 4.69) is 20.8 Å². The maximum absolute atomic E-state index is 12.6. The minimum atomic E-state index is -0.426. The van der Waals surface area contributed by atoms with Gasteiger partial charge in [-0.2, -0.15) is 0 Å². The first-order valence-corrected chi connectivity index (χ1v) is 9.98. The molecule has 4 heteroatoms. The van der Waals surface area contributed by atoms with E-state index in [0.717, 1.165) is 12.0 Å². The summed E-state index contributed by atoms with van der Waals surface area (Å²) in [5.74, 6) is -0.231. The van der Waals surface area contributed by atoms with E-state index in [0.29, 0.717) is 12.3 Å². The monoisotopic (exact) mass is 379 g/mol. The first kappa shape index (κ1) is 20.1. The molecule has 0 N–H and O–H groups in total. The van der Waals surface area contributed by atoms with Crippen molar-refractivity contribution in [3.63, 3.8) is 0 Å². The highest BCUT2D eigenvalue weighted by atomic mass is 16.5. The number of amides is 1. The van der Waals surface area contributed by atoms with Crippen molar-refractivity contribution in [1.29, 1.82) is 0 Å². The molecule has 1 aliphatic rings. The zero-order valence-electron chi connectivity index (χ0n) is 17.1. The molecule has 28 heavy (non-hydrogen) atoms. The minimum absolute atomic E-state index is 0.00153. The Morgan fingerprint density at radius 1 is 1.14 bits per heavy atom. The topological polar surface area (TPSA) is 46.6 Å². The summed E-state index contributed by atoms with van der Waals surface area (Å²) in [5.41, 5.74) is 2.38. The van der Waals surface area contributed by atoms with Gasteiger partial charge >= 0.3 is 5.97 Å². The largest absolute Gasteiger partial charge is 0.426 e. The van der Waals surface area contributed by atoms with Crippen molar-refractivity contribution in [1.82, 2.24) is 4.90 Å². The van der Waals surface area contributed by atoms with Crippen molar-refractivity contribution in [3.05, 3.63) is 65.7 Å². The maximum Gasteiger partial charge on any atom is 0.316 e. The third-order valence-electron chi connectivity index (χ3n) is 5.98. The van der Waals surface area contributed by atoms with Crippen LogP contribution in [-0.2, 0) is 15.0 Å². The summed E-state index contributed by atoms with van der Waals surface area (Å²) < 4.78 is 5.56. The van der Waals surface area contributed by atoms with Gasteiger partial charge in [-0.05, 0) is 42.0 Å². The summed E-state index contributed by atoms with van der Waals surface area (Å²) in [6.07, 6.45) is 1.24. The average molecular weight is 380 g/mol. The molecule has 0 aliphatic carbocycles. The van der Waals surface area contributed by atoms with E-state index in [4.69, 9.17) is 4.74 Å². The number of ether oxygens (including phenoxy) is 1. The van der Waals surface area contributed by atoms with E-state index >= 15 is 0 Å². The van der Waals surface area contributed by atoms with Crippen molar-refractivity contribution < 1.29 is 14.3 Å². The van der Waals surface area contributed by atoms with Crippen LogP contribution < -0.4 is 4.74 Å². The summed E-state index contributed by atoms with van der Waals surface area (Å²) in [4.78, 5) is 26.8. The fraction of sp³-hybridized carbons (Fsp3) is 0.417. The van der Waals surface area contributed by atoms with Crippen molar-refractivity contribution in [2.75, 3.05) is 6.54 Å². The third kappa shape index (κ3) is 4.27. The Hall–Kier alpha value is -2.62. The second-order valence-electron chi connectivity index (χ2n) is 8.22. The number of rotatable bonds is 6. The molecule has 148 valence electrons. The molecule has 2 aromatic carbocycles. The molecule has 0 spiro atoms. The molecule has 1 fully saturated rings. The van der Waals surface area contributed by atoms with Gasteiger partial charge in [0.15, 0.2) is 0 Å². The van der Waals surface area contributed by atoms with E-state index in [1.54, 1.807) is 4.90 Å². The van der Waals surface area contributed by atoms with Crippen LogP contribution in [0.4, 0.5) is 0 Å². The molecule has 3 rings (SSSR count). The lowest BCUT2D eigenvalue weighted by atomic mass is 9.82. The molecule has 0 saturated carbocycles. The van der Waals surface area contributed by atoms with Gasteiger partial charge < -0.3 is 9.64 Å². The van der Waals surface area contributed by atoms with Gasteiger partial charge in [0.25, 0.3) is 0 Å². The highest BCUT2D eigenvalue weighted by Crippen LogP contribution is 2.31. The Labute approximate surface area is 167 Å². The molecule has 0 radical (unpaired) electrons. The van der Waals surface area contributed by atoms with Crippen LogP contribution in [0.5, 0.6) is 5.75 Å². The molecular formula is C24H29NO3. The number of hydrogen-bond acceptors (Lipinski definition) is 3. The highest BCUT2D eigenvalue weighted by molar-refractivity contribution is 5.87. The molecule has 1 aliphatic heterocycles. The molecule has 1 saturated heterocycles. The molecule has 0 aromatic heterocycles. The van der Waals surface area contributed by atoms with Crippen LogP contribution in [0.15, 0.2) is 54.6 Å². The molecule has 1 heterocycles. The lowest BCUT2D eigenvalue weighted by Crippen LogP contribution is -2.30. The number of carbonyl (C=O) groups is 2. The Morgan fingerprint density at radius 2 is 1.79 bits per heavy atom. The van der Waals surface area contributed by atoms with Crippen molar-refractivity contribution in [2.45, 2.75) is 52.0 Å².